The molecule has 0 aromatic heterocycles. The monoisotopic (exact) mass is 288 g/mol. The van der Waals surface area contributed by atoms with Crippen LogP contribution >= 0.6 is 11.6 Å². The molecule has 0 bridgehead atoms. The lowest BCUT2D eigenvalue weighted by Crippen LogP contribution is -2.07. The maximum atomic E-state index is 12.5. The van der Waals surface area contributed by atoms with Crippen LogP contribution in [0.15, 0.2) is 42.5 Å². The smallest absolute Gasteiger partial charge is 0.170 e. The fraction of sp³-hybridized carbons (Fsp3) is 0.235. The zero-order valence-electron chi connectivity index (χ0n) is 11.7. The molecule has 3 heteroatoms. The van der Waals surface area contributed by atoms with E-state index < -0.39 is 0 Å². The third-order valence-electron chi connectivity index (χ3n) is 2.99. The number of halogens is 1. The summed E-state index contributed by atoms with van der Waals surface area (Å²) in [7, 11) is 0. The molecule has 0 amide bonds. The Bertz CT molecular complexity index is 620. The van der Waals surface area contributed by atoms with Crippen molar-refractivity contribution in [3.8, 4) is 5.75 Å². The number of carbonyl (C=O) groups is 1. The highest BCUT2D eigenvalue weighted by Crippen LogP contribution is 2.22. The van der Waals surface area contributed by atoms with Gasteiger partial charge in [0.25, 0.3) is 0 Å². The summed E-state index contributed by atoms with van der Waals surface area (Å²) in [5.41, 5.74) is 2.58. The van der Waals surface area contributed by atoms with Crippen LogP contribution in [0.4, 0.5) is 0 Å². The number of ketones is 1. The van der Waals surface area contributed by atoms with E-state index in [-0.39, 0.29) is 5.78 Å². The predicted molar refractivity (Wildman–Crippen MR) is 81.8 cm³/mol. The minimum atomic E-state index is 0.0411. The van der Waals surface area contributed by atoms with E-state index in [2.05, 4.69) is 0 Å². The molecule has 0 N–H and O–H groups in total. The highest BCUT2D eigenvalue weighted by Gasteiger charge is 2.13. The summed E-state index contributed by atoms with van der Waals surface area (Å²) in [4.78, 5) is 12.5. The van der Waals surface area contributed by atoms with Crippen LogP contribution in [0, 0.1) is 6.92 Å². The average Bonchev–Trinajstić information content (AvgIpc) is 2.41. The van der Waals surface area contributed by atoms with Crippen LogP contribution in [0.2, 0.25) is 5.02 Å². The van der Waals surface area contributed by atoms with Gasteiger partial charge in [-0.15, -0.1) is 0 Å². The maximum absolute atomic E-state index is 12.5. The lowest BCUT2D eigenvalue weighted by atomic mass is 10.0. The third kappa shape index (κ3) is 3.61. The fourth-order valence-electron chi connectivity index (χ4n) is 2.07. The Labute approximate surface area is 124 Å². The lowest BCUT2D eigenvalue weighted by Gasteiger charge is -2.10. The molecule has 0 atom stereocenters. The minimum Gasteiger partial charge on any atom is -0.493 e. The normalized spacial score (nSPS) is 10.3. The van der Waals surface area contributed by atoms with Crippen molar-refractivity contribution in [2.75, 3.05) is 6.61 Å². The number of ether oxygens (including phenoxy) is 1. The molecular formula is C17H17ClO2. The van der Waals surface area contributed by atoms with E-state index >= 15 is 0 Å². The summed E-state index contributed by atoms with van der Waals surface area (Å²) in [5, 5.41) is 0.643. The number of aryl methyl sites for hydroxylation is 1. The summed E-state index contributed by atoms with van der Waals surface area (Å²) in [6.45, 7) is 4.41. The van der Waals surface area contributed by atoms with Gasteiger partial charge in [-0.3, -0.25) is 4.79 Å². The SMILES string of the molecule is CCOc1ccc(C)cc1C(=O)Cc1cccc(Cl)c1. The average molecular weight is 289 g/mol. The second kappa shape index (κ2) is 6.58. The van der Waals surface area contributed by atoms with Gasteiger partial charge in [-0.1, -0.05) is 35.4 Å². The fourth-order valence-corrected chi connectivity index (χ4v) is 2.28. The Kier molecular flexibility index (Phi) is 4.80. The highest BCUT2D eigenvalue weighted by atomic mass is 35.5. The summed E-state index contributed by atoms with van der Waals surface area (Å²) in [6, 6.07) is 13.0. The molecule has 0 saturated carbocycles. The second-order valence-corrected chi connectivity index (χ2v) is 5.10. The van der Waals surface area contributed by atoms with E-state index in [1.807, 2.05) is 50.2 Å². The summed E-state index contributed by atoms with van der Waals surface area (Å²) in [6.07, 6.45) is 0.323. The van der Waals surface area contributed by atoms with Gasteiger partial charge >= 0.3 is 0 Å². The van der Waals surface area contributed by atoms with Crippen LogP contribution < -0.4 is 4.74 Å². The van der Waals surface area contributed by atoms with E-state index in [1.165, 1.54) is 0 Å². The van der Waals surface area contributed by atoms with Crippen molar-refractivity contribution in [1.82, 2.24) is 0 Å². The molecule has 104 valence electrons. The molecule has 0 aliphatic heterocycles. The zero-order valence-corrected chi connectivity index (χ0v) is 12.4. The number of benzene rings is 2. The molecule has 0 unspecified atom stereocenters. The van der Waals surface area contributed by atoms with Crippen molar-refractivity contribution in [2.45, 2.75) is 20.3 Å². The van der Waals surface area contributed by atoms with Crippen LogP contribution in [-0.2, 0) is 6.42 Å². The number of rotatable bonds is 5. The zero-order chi connectivity index (χ0) is 14.5. The summed E-state index contributed by atoms with van der Waals surface area (Å²) < 4.78 is 5.53. The maximum Gasteiger partial charge on any atom is 0.170 e. The second-order valence-electron chi connectivity index (χ2n) is 4.66. The molecule has 2 nitrogen and oxygen atoms in total. The van der Waals surface area contributed by atoms with Crippen molar-refractivity contribution in [1.29, 1.82) is 0 Å². The molecular weight excluding hydrogens is 272 g/mol. The van der Waals surface area contributed by atoms with Crippen LogP contribution in [0.3, 0.4) is 0 Å². The molecule has 2 rings (SSSR count). The quantitative estimate of drug-likeness (QED) is 0.759. The lowest BCUT2D eigenvalue weighted by molar-refractivity contribution is 0.0989. The van der Waals surface area contributed by atoms with Gasteiger partial charge in [0.2, 0.25) is 0 Å². The minimum absolute atomic E-state index is 0.0411. The van der Waals surface area contributed by atoms with Crippen molar-refractivity contribution < 1.29 is 9.53 Å². The van der Waals surface area contributed by atoms with E-state index in [0.29, 0.717) is 29.4 Å². The standard InChI is InChI=1S/C17H17ClO2/c1-3-20-17-8-7-12(2)9-15(17)16(19)11-13-5-4-6-14(18)10-13/h4-10H,3,11H2,1-2H3. The van der Waals surface area contributed by atoms with Crippen LogP contribution in [0.1, 0.15) is 28.4 Å². The van der Waals surface area contributed by atoms with E-state index in [4.69, 9.17) is 16.3 Å². The molecule has 0 aliphatic rings. The number of carbonyl (C=O) groups excluding carboxylic acids is 1. The summed E-state index contributed by atoms with van der Waals surface area (Å²) >= 11 is 5.94. The largest absolute Gasteiger partial charge is 0.493 e. The molecule has 0 spiro atoms. The van der Waals surface area contributed by atoms with Crippen molar-refractivity contribution >= 4 is 17.4 Å². The van der Waals surface area contributed by atoms with Gasteiger partial charge < -0.3 is 4.74 Å². The Balaban J connectivity index is 2.26. The Morgan fingerprint density at radius 2 is 2.00 bits per heavy atom. The first kappa shape index (κ1) is 14.6. The molecule has 0 saturated heterocycles. The van der Waals surface area contributed by atoms with Crippen molar-refractivity contribution in [3.05, 3.63) is 64.2 Å². The first-order chi connectivity index (χ1) is 9.60. The van der Waals surface area contributed by atoms with Crippen LogP contribution in [0.5, 0.6) is 5.75 Å². The molecule has 2 aromatic rings. The van der Waals surface area contributed by atoms with E-state index in [9.17, 15) is 4.79 Å². The topological polar surface area (TPSA) is 26.3 Å². The number of hydrogen-bond acceptors (Lipinski definition) is 2. The summed E-state index contributed by atoms with van der Waals surface area (Å²) in [5.74, 6) is 0.685. The van der Waals surface area contributed by atoms with Crippen LogP contribution in [-0.4, -0.2) is 12.4 Å². The van der Waals surface area contributed by atoms with Gasteiger partial charge in [0.05, 0.1) is 12.2 Å². The van der Waals surface area contributed by atoms with Crippen LogP contribution in [0.25, 0.3) is 0 Å². The predicted octanol–water partition coefficient (Wildman–Crippen LogP) is 4.47. The first-order valence-corrected chi connectivity index (χ1v) is 6.99. The van der Waals surface area contributed by atoms with Gasteiger partial charge in [-0.2, -0.15) is 0 Å². The highest BCUT2D eigenvalue weighted by molar-refractivity contribution is 6.30. The van der Waals surface area contributed by atoms with E-state index in [0.717, 1.165) is 11.1 Å². The third-order valence-corrected chi connectivity index (χ3v) is 3.22. The van der Waals surface area contributed by atoms with Gasteiger partial charge in [0.15, 0.2) is 5.78 Å². The Hall–Kier alpha value is -1.80. The Morgan fingerprint density at radius 3 is 2.70 bits per heavy atom. The van der Waals surface area contributed by atoms with Crippen molar-refractivity contribution in [2.24, 2.45) is 0 Å². The molecule has 0 heterocycles. The van der Waals surface area contributed by atoms with Gasteiger partial charge in [-0.05, 0) is 43.7 Å². The van der Waals surface area contributed by atoms with E-state index in [1.54, 1.807) is 6.07 Å². The molecule has 0 fully saturated rings. The number of Topliss-reactive ketones (excluding diaryl/α,β-unsaturated/α-hetero) is 1. The van der Waals surface area contributed by atoms with Gasteiger partial charge in [0, 0.05) is 11.4 Å². The molecule has 0 aliphatic carbocycles. The molecule has 2 aromatic carbocycles. The van der Waals surface area contributed by atoms with Gasteiger partial charge in [-0.25, -0.2) is 0 Å². The van der Waals surface area contributed by atoms with Crippen molar-refractivity contribution in [3.63, 3.8) is 0 Å². The molecule has 0 radical (unpaired) electrons. The Morgan fingerprint density at radius 1 is 1.20 bits per heavy atom. The molecule has 20 heavy (non-hydrogen) atoms. The first-order valence-electron chi connectivity index (χ1n) is 6.61. The van der Waals surface area contributed by atoms with Gasteiger partial charge in [0.1, 0.15) is 5.75 Å². The number of hydrogen-bond donors (Lipinski definition) is 0.